The topological polar surface area (TPSA) is 82.0 Å². The van der Waals surface area contributed by atoms with Crippen molar-refractivity contribution in [2.45, 2.75) is 19.5 Å². The Labute approximate surface area is 163 Å². The predicted octanol–water partition coefficient (Wildman–Crippen LogP) is 3.64. The van der Waals surface area contributed by atoms with Crippen LogP contribution in [-0.4, -0.2) is 43.7 Å². The lowest BCUT2D eigenvalue weighted by Gasteiger charge is -2.12. The van der Waals surface area contributed by atoms with Gasteiger partial charge in [0.2, 0.25) is 5.13 Å². The number of rotatable bonds is 9. The Morgan fingerprint density at radius 3 is 2.82 bits per heavy atom. The van der Waals surface area contributed by atoms with E-state index in [1.165, 1.54) is 42.9 Å². The lowest BCUT2D eigenvalue weighted by molar-refractivity contribution is -0.153. The molecule has 152 valence electrons. The molecule has 7 nitrogen and oxygen atoms in total. The molecule has 2 aromatic rings. The summed E-state index contributed by atoms with van der Waals surface area (Å²) in [5.74, 6) is -0.226. The molecule has 11 heteroatoms. The first kappa shape index (κ1) is 21.5. The highest BCUT2D eigenvalue weighted by Crippen LogP contribution is 2.29. The third kappa shape index (κ3) is 7.06. The average Bonchev–Trinajstić information content (AvgIpc) is 3.07. The Balaban J connectivity index is 1.95. The fourth-order valence-corrected chi connectivity index (χ4v) is 2.66. The molecule has 28 heavy (non-hydrogen) atoms. The van der Waals surface area contributed by atoms with Gasteiger partial charge in [-0.2, -0.15) is 18.3 Å². The number of hydrogen-bond donors (Lipinski definition) is 1. The van der Waals surface area contributed by atoms with Crippen LogP contribution in [0.4, 0.5) is 18.3 Å². The molecule has 0 radical (unpaired) electrons. The van der Waals surface area contributed by atoms with E-state index in [-0.39, 0.29) is 23.9 Å². The summed E-state index contributed by atoms with van der Waals surface area (Å²) in [5.41, 5.74) is 3.86. The van der Waals surface area contributed by atoms with Gasteiger partial charge in [-0.1, -0.05) is 0 Å². The van der Waals surface area contributed by atoms with Crippen LogP contribution >= 0.6 is 11.3 Å². The summed E-state index contributed by atoms with van der Waals surface area (Å²) in [6.45, 7) is 0.628. The molecule has 0 bridgehead atoms. The van der Waals surface area contributed by atoms with E-state index in [2.05, 4.69) is 15.5 Å². The molecule has 2 rings (SSSR count). The van der Waals surface area contributed by atoms with Crippen LogP contribution in [0.1, 0.15) is 18.2 Å². The first-order valence-electron chi connectivity index (χ1n) is 8.07. The van der Waals surface area contributed by atoms with Crippen molar-refractivity contribution in [3.8, 4) is 11.5 Å². The summed E-state index contributed by atoms with van der Waals surface area (Å²) in [6, 6.07) is 4.39. The predicted molar refractivity (Wildman–Crippen MR) is 98.2 cm³/mol. The van der Waals surface area contributed by atoms with Crippen LogP contribution in [0, 0.1) is 0 Å². The summed E-state index contributed by atoms with van der Waals surface area (Å²) in [5, 5.41) is 6.20. The minimum absolute atomic E-state index is 0.0199. The number of benzene rings is 1. The number of thiazole rings is 1. The zero-order valence-corrected chi connectivity index (χ0v) is 15.9. The summed E-state index contributed by atoms with van der Waals surface area (Å²) >= 11 is 1.27. The van der Waals surface area contributed by atoms with E-state index in [0.717, 1.165) is 0 Å². The van der Waals surface area contributed by atoms with Crippen molar-refractivity contribution in [2.75, 3.05) is 25.7 Å². The van der Waals surface area contributed by atoms with Crippen molar-refractivity contribution in [2.24, 2.45) is 5.10 Å². The number of aromatic nitrogens is 1. The molecule has 0 aliphatic rings. The molecule has 0 aliphatic heterocycles. The Morgan fingerprint density at radius 2 is 2.14 bits per heavy atom. The van der Waals surface area contributed by atoms with Gasteiger partial charge >= 0.3 is 12.1 Å². The van der Waals surface area contributed by atoms with Gasteiger partial charge in [-0.3, -0.25) is 10.2 Å². The molecule has 0 saturated carbocycles. The minimum atomic E-state index is -4.44. The number of esters is 1. The molecule has 0 unspecified atom stereocenters. The van der Waals surface area contributed by atoms with E-state index in [9.17, 15) is 18.0 Å². The number of halogens is 3. The van der Waals surface area contributed by atoms with Crippen molar-refractivity contribution in [1.29, 1.82) is 0 Å². The lowest BCUT2D eigenvalue weighted by Crippen LogP contribution is -2.19. The van der Waals surface area contributed by atoms with Gasteiger partial charge in [-0.05, 0) is 30.7 Å². The number of ether oxygens (including phenoxy) is 3. The molecule has 0 fully saturated rings. The molecule has 1 aromatic heterocycles. The molecule has 1 N–H and O–H groups in total. The second-order valence-corrected chi connectivity index (χ2v) is 6.17. The van der Waals surface area contributed by atoms with Gasteiger partial charge in [0, 0.05) is 5.38 Å². The number of nitrogens with zero attached hydrogens (tertiary/aromatic N) is 2. The molecule has 0 aliphatic carbocycles. The highest BCUT2D eigenvalue weighted by Gasteiger charge is 2.29. The third-order valence-electron chi connectivity index (χ3n) is 3.14. The molecular weight excluding hydrogens is 399 g/mol. The third-order valence-corrected chi connectivity index (χ3v) is 3.93. The Kier molecular flexibility index (Phi) is 7.61. The Hall–Kier alpha value is -2.82. The molecule has 1 aromatic carbocycles. The van der Waals surface area contributed by atoms with E-state index in [4.69, 9.17) is 14.2 Å². The van der Waals surface area contributed by atoms with Gasteiger partial charge in [0.1, 0.15) is 0 Å². The van der Waals surface area contributed by atoms with Crippen LogP contribution in [0.25, 0.3) is 0 Å². The maximum atomic E-state index is 12.3. The van der Waals surface area contributed by atoms with E-state index in [0.29, 0.717) is 23.0 Å². The van der Waals surface area contributed by atoms with Crippen LogP contribution in [0.15, 0.2) is 28.7 Å². The number of methoxy groups -OCH3 is 1. The summed E-state index contributed by atoms with van der Waals surface area (Å²) < 4.78 is 51.4. The van der Waals surface area contributed by atoms with Crippen LogP contribution < -0.4 is 14.9 Å². The fourth-order valence-electron chi connectivity index (χ4n) is 2.00. The second-order valence-electron chi connectivity index (χ2n) is 5.31. The van der Waals surface area contributed by atoms with Crippen molar-refractivity contribution >= 4 is 28.7 Å². The fraction of sp³-hybridized carbons (Fsp3) is 0.353. The molecule has 0 saturated heterocycles. The minimum Gasteiger partial charge on any atom is -0.493 e. The summed E-state index contributed by atoms with van der Waals surface area (Å²) in [4.78, 5) is 15.6. The van der Waals surface area contributed by atoms with Gasteiger partial charge in [0.25, 0.3) is 0 Å². The maximum absolute atomic E-state index is 12.3. The largest absolute Gasteiger partial charge is 0.493 e. The van der Waals surface area contributed by atoms with Crippen LogP contribution in [0.5, 0.6) is 11.5 Å². The van der Waals surface area contributed by atoms with Gasteiger partial charge in [-0.15, -0.1) is 11.3 Å². The van der Waals surface area contributed by atoms with Gasteiger partial charge in [0.05, 0.1) is 32.0 Å². The highest BCUT2D eigenvalue weighted by molar-refractivity contribution is 7.13. The number of alkyl halides is 3. The number of hydrazone groups is 1. The summed E-state index contributed by atoms with van der Waals surface area (Å²) in [6.07, 6.45) is -2.91. The van der Waals surface area contributed by atoms with Gasteiger partial charge < -0.3 is 14.2 Å². The molecule has 0 spiro atoms. The normalized spacial score (nSPS) is 11.5. The maximum Gasteiger partial charge on any atom is 0.422 e. The van der Waals surface area contributed by atoms with Gasteiger partial charge in [0.15, 0.2) is 18.1 Å². The van der Waals surface area contributed by atoms with Crippen molar-refractivity contribution in [3.05, 3.63) is 34.8 Å². The molecular formula is C17H18F3N3O4S. The number of anilines is 1. The number of nitrogens with one attached hydrogen (secondary N) is 1. The van der Waals surface area contributed by atoms with Crippen molar-refractivity contribution in [1.82, 2.24) is 4.98 Å². The zero-order valence-electron chi connectivity index (χ0n) is 15.1. The van der Waals surface area contributed by atoms with Gasteiger partial charge in [-0.25, -0.2) is 4.98 Å². The lowest BCUT2D eigenvalue weighted by atomic mass is 10.2. The van der Waals surface area contributed by atoms with Crippen molar-refractivity contribution < 1.29 is 32.2 Å². The van der Waals surface area contributed by atoms with Crippen LogP contribution in [0.2, 0.25) is 0 Å². The first-order chi connectivity index (χ1) is 13.3. The monoisotopic (exact) mass is 417 g/mol. The standard InChI is InChI=1S/C17H18F3N3O4S/c1-3-26-15(24)7-12-9-28-16(22-12)23-21-8-11-4-5-13(14(6-11)25-2)27-10-17(18,19)20/h4-6,8-9H,3,7,10H2,1-2H3,(H,22,23). The SMILES string of the molecule is CCOC(=O)Cc1csc(NN=Cc2ccc(OCC(F)(F)F)c(OC)c2)n1. The van der Waals surface area contributed by atoms with Crippen LogP contribution in [-0.2, 0) is 16.0 Å². The summed E-state index contributed by atoms with van der Waals surface area (Å²) in [7, 11) is 1.33. The molecule has 0 atom stereocenters. The van der Waals surface area contributed by atoms with E-state index in [1.807, 2.05) is 0 Å². The van der Waals surface area contributed by atoms with E-state index in [1.54, 1.807) is 12.3 Å². The van der Waals surface area contributed by atoms with Crippen molar-refractivity contribution in [3.63, 3.8) is 0 Å². The average molecular weight is 417 g/mol. The molecule has 0 amide bonds. The number of hydrogen-bond acceptors (Lipinski definition) is 8. The zero-order chi connectivity index (χ0) is 20.6. The molecule has 1 heterocycles. The Morgan fingerprint density at radius 1 is 1.36 bits per heavy atom. The van der Waals surface area contributed by atoms with Crippen LogP contribution in [0.3, 0.4) is 0 Å². The highest BCUT2D eigenvalue weighted by atomic mass is 32.1. The van der Waals surface area contributed by atoms with E-state index < -0.39 is 12.8 Å². The number of carbonyl (C=O) groups excluding carboxylic acids is 1. The quantitative estimate of drug-likeness (QED) is 0.381. The number of carbonyl (C=O) groups is 1. The Bertz CT molecular complexity index is 824. The van der Waals surface area contributed by atoms with E-state index >= 15 is 0 Å². The second kappa shape index (κ2) is 9.93. The first-order valence-corrected chi connectivity index (χ1v) is 8.95. The smallest absolute Gasteiger partial charge is 0.422 e.